The van der Waals surface area contributed by atoms with Crippen molar-refractivity contribution in [2.24, 2.45) is 5.73 Å². The first-order valence-electron chi connectivity index (χ1n) is 5.01. The third kappa shape index (κ3) is 2.51. The standard InChI is InChI=1S/C10H19N3S/c1-4-14-6-5-13-9(3)10(7-11)8(2)12-13/h4-7,11H2,1-3H3. The predicted octanol–water partition coefficient (Wildman–Crippen LogP) is 1.71. The van der Waals surface area contributed by atoms with Crippen molar-refractivity contribution in [2.75, 3.05) is 11.5 Å². The fraction of sp³-hybridized carbons (Fsp3) is 0.700. The van der Waals surface area contributed by atoms with Gasteiger partial charge < -0.3 is 5.73 Å². The van der Waals surface area contributed by atoms with Gasteiger partial charge in [0.15, 0.2) is 0 Å². The summed E-state index contributed by atoms with van der Waals surface area (Å²) in [5, 5.41) is 4.48. The van der Waals surface area contributed by atoms with E-state index in [1.165, 1.54) is 17.0 Å². The molecule has 2 N–H and O–H groups in total. The van der Waals surface area contributed by atoms with E-state index >= 15 is 0 Å². The summed E-state index contributed by atoms with van der Waals surface area (Å²) in [6.45, 7) is 7.89. The molecule has 1 rings (SSSR count). The van der Waals surface area contributed by atoms with Gasteiger partial charge in [-0.05, 0) is 19.6 Å². The van der Waals surface area contributed by atoms with Crippen LogP contribution in [-0.2, 0) is 13.1 Å². The lowest BCUT2D eigenvalue weighted by atomic mass is 10.2. The molecule has 0 fully saturated rings. The van der Waals surface area contributed by atoms with Crippen molar-refractivity contribution >= 4 is 11.8 Å². The molecule has 1 heterocycles. The highest BCUT2D eigenvalue weighted by molar-refractivity contribution is 7.99. The van der Waals surface area contributed by atoms with Crippen LogP contribution in [0, 0.1) is 13.8 Å². The van der Waals surface area contributed by atoms with Gasteiger partial charge in [0.2, 0.25) is 0 Å². The first-order valence-corrected chi connectivity index (χ1v) is 6.16. The Hall–Kier alpha value is -0.480. The van der Waals surface area contributed by atoms with Crippen LogP contribution in [0.5, 0.6) is 0 Å². The van der Waals surface area contributed by atoms with Gasteiger partial charge in [-0.15, -0.1) is 0 Å². The quantitative estimate of drug-likeness (QED) is 0.757. The van der Waals surface area contributed by atoms with Gasteiger partial charge in [-0.1, -0.05) is 6.92 Å². The van der Waals surface area contributed by atoms with Crippen molar-refractivity contribution in [3.05, 3.63) is 17.0 Å². The number of hydrogen-bond donors (Lipinski definition) is 1. The summed E-state index contributed by atoms with van der Waals surface area (Å²) in [5.74, 6) is 2.30. The van der Waals surface area contributed by atoms with Crippen LogP contribution in [0.15, 0.2) is 0 Å². The second kappa shape index (κ2) is 5.41. The van der Waals surface area contributed by atoms with Crippen LogP contribution >= 0.6 is 11.8 Å². The topological polar surface area (TPSA) is 43.8 Å². The largest absolute Gasteiger partial charge is 0.326 e. The van der Waals surface area contributed by atoms with E-state index in [9.17, 15) is 0 Å². The molecule has 0 aliphatic carbocycles. The minimum absolute atomic E-state index is 0.596. The summed E-state index contributed by atoms with van der Waals surface area (Å²) in [4.78, 5) is 0. The Bertz CT molecular complexity index is 294. The number of thioether (sulfide) groups is 1. The van der Waals surface area contributed by atoms with Crippen molar-refractivity contribution in [1.29, 1.82) is 0 Å². The van der Waals surface area contributed by atoms with E-state index in [1.807, 2.05) is 18.7 Å². The van der Waals surface area contributed by atoms with E-state index in [0.29, 0.717) is 6.54 Å². The van der Waals surface area contributed by atoms with Crippen LogP contribution in [-0.4, -0.2) is 21.3 Å². The fourth-order valence-electron chi connectivity index (χ4n) is 1.54. The molecule has 0 saturated carbocycles. The van der Waals surface area contributed by atoms with E-state index in [-0.39, 0.29) is 0 Å². The number of nitrogens with two attached hydrogens (primary N) is 1. The molecule has 0 atom stereocenters. The summed E-state index contributed by atoms with van der Waals surface area (Å²) in [5.41, 5.74) is 9.16. The lowest BCUT2D eigenvalue weighted by Crippen LogP contribution is -2.06. The molecule has 1 aromatic rings. The molecule has 14 heavy (non-hydrogen) atoms. The molecule has 0 radical (unpaired) electrons. The lowest BCUT2D eigenvalue weighted by molar-refractivity contribution is 0.639. The second-order valence-electron chi connectivity index (χ2n) is 3.27. The Morgan fingerprint density at radius 1 is 1.43 bits per heavy atom. The van der Waals surface area contributed by atoms with Gasteiger partial charge in [0, 0.05) is 23.6 Å². The van der Waals surface area contributed by atoms with Gasteiger partial charge in [-0.25, -0.2) is 0 Å². The van der Waals surface area contributed by atoms with Crippen LogP contribution in [0.1, 0.15) is 23.9 Å². The van der Waals surface area contributed by atoms with Gasteiger partial charge in [0.05, 0.1) is 12.2 Å². The maximum Gasteiger partial charge on any atom is 0.0641 e. The zero-order valence-corrected chi connectivity index (χ0v) is 10.0. The Labute approximate surface area is 90.1 Å². The van der Waals surface area contributed by atoms with Gasteiger partial charge in [-0.3, -0.25) is 4.68 Å². The van der Waals surface area contributed by atoms with Crippen molar-refractivity contribution < 1.29 is 0 Å². The SMILES string of the molecule is CCSCCn1nc(C)c(CN)c1C. The molecule has 1 aromatic heterocycles. The summed E-state index contributed by atoms with van der Waals surface area (Å²) in [6, 6.07) is 0. The monoisotopic (exact) mass is 213 g/mol. The van der Waals surface area contributed by atoms with E-state index in [1.54, 1.807) is 0 Å². The number of nitrogens with zero attached hydrogens (tertiary/aromatic N) is 2. The Kier molecular flexibility index (Phi) is 4.48. The van der Waals surface area contributed by atoms with Crippen LogP contribution in [0.4, 0.5) is 0 Å². The van der Waals surface area contributed by atoms with Crippen molar-refractivity contribution in [1.82, 2.24) is 9.78 Å². The van der Waals surface area contributed by atoms with E-state index in [4.69, 9.17) is 5.73 Å². The average Bonchev–Trinajstić information content (AvgIpc) is 2.42. The predicted molar refractivity (Wildman–Crippen MR) is 62.6 cm³/mol. The lowest BCUT2D eigenvalue weighted by Gasteiger charge is -2.03. The third-order valence-corrected chi connectivity index (χ3v) is 3.27. The zero-order valence-electron chi connectivity index (χ0n) is 9.21. The molecule has 0 unspecified atom stereocenters. The number of aromatic nitrogens is 2. The van der Waals surface area contributed by atoms with Crippen LogP contribution < -0.4 is 5.73 Å². The summed E-state index contributed by atoms with van der Waals surface area (Å²) in [7, 11) is 0. The minimum atomic E-state index is 0.596. The molecule has 0 amide bonds. The van der Waals surface area contributed by atoms with Gasteiger partial charge in [0.25, 0.3) is 0 Å². The Balaban J connectivity index is 2.68. The molecule has 0 saturated heterocycles. The third-order valence-electron chi connectivity index (χ3n) is 2.39. The molecule has 3 nitrogen and oxygen atoms in total. The van der Waals surface area contributed by atoms with Crippen molar-refractivity contribution in [3.63, 3.8) is 0 Å². The maximum atomic E-state index is 5.66. The summed E-state index contributed by atoms with van der Waals surface area (Å²) < 4.78 is 2.07. The molecule has 0 bridgehead atoms. The van der Waals surface area contributed by atoms with Gasteiger partial charge in [0.1, 0.15) is 0 Å². The normalized spacial score (nSPS) is 10.9. The van der Waals surface area contributed by atoms with Gasteiger partial charge in [-0.2, -0.15) is 16.9 Å². The van der Waals surface area contributed by atoms with E-state index in [0.717, 1.165) is 18.0 Å². The Morgan fingerprint density at radius 3 is 2.64 bits per heavy atom. The molecule has 0 aromatic carbocycles. The number of aryl methyl sites for hydroxylation is 2. The van der Waals surface area contributed by atoms with E-state index in [2.05, 4.69) is 23.6 Å². The maximum absolute atomic E-state index is 5.66. The Morgan fingerprint density at radius 2 is 2.14 bits per heavy atom. The number of rotatable bonds is 5. The van der Waals surface area contributed by atoms with Crippen LogP contribution in [0.3, 0.4) is 0 Å². The van der Waals surface area contributed by atoms with Gasteiger partial charge >= 0.3 is 0 Å². The summed E-state index contributed by atoms with van der Waals surface area (Å²) in [6.07, 6.45) is 0. The van der Waals surface area contributed by atoms with E-state index < -0.39 is 0 Å². The molecular formula is C10H19N3S. The molecule has 0 spiro atoms. The molecule has 4 heteroatoms. The number of hydrogen-bond acceptors (Lipinski definition) is 3. The van der Waals surface area contributed by atoms with Crippen molar-refractivity contribution in [3.8, 4) is 0 Å². The second-order valence-corrected chi connectivity index (χ2v) is 4.67. The molecule has 80 valence electrons. The minimum Gasteiger partial charge on any atom is -0.326 e. The van der Waals surface area contributed by atoms with Crippen LogP contribution in [0.25, 0.3) is 0 Å². The highest BCUT2D eigenvalue weighted by Gasteiger charge is 2.08. The smallest absolute Gasteiger partial charge is 0.0641 e. The summed E-state index contributed by atoms with van der Waals surface area (Å²) >= 11 is 1.94. The first kappa shape index (κ1) is 11.6. The molecular weight excluding hydrogens is 194 g/mol. The highest BCUT2D eigenvalue weighted by atomic mass is 32.2. The molecule has 0 aliphatic heterocycles. The average molecular weight is 213 g/mol. The van der Waals surface area contributed by atoms with Crippen LogP contribution in [0.2, 0.25) is 0 Å². The molecule has 0 aliphatic rings. The fourth-order valence-corrected chi connectivity index (χ4v) is 2.13. The highest BCUT2D eigenvalue weighted by Crippen LogP contribution is 2.12. The zero-order chi connectivity index (χ0) is 10.6. The first-order chi connectivity index (χ1) is 6.70. The van der Waals surface area contributed by atoms with Crippen molar-refractivity contribution in [2.45, 2.75) is 33.9 Å².